The van der Waals surface area contributed by atoms with Gasteiger partial charge in [0.25, 0.3) is 0 Å². The van der Waals surface area contributed by atoms with Crippen molar-refractivity contribution in [3.63, 3.8) is 0 Å². The number of pyridine rings is 1. The predicted molar refractivity (Wildman–Crippen MR) is 122 cm³/mol. The molecule has 3 aromatic rings. The molecule has 0 aromatic carbocycles. The fourth-order valence-electron chi connectivity index (χ4n) is 5.18. The Balaban J connectivity index is 1.17. The highest BCUT2D eigenvalue weighted by Gasteiger charge is 2.31. The highest BCUT2D eigenvalue weighted by molar-refractivity contribution is 5.23. The van der Waals surface area contributed by atoms with Crippen LogP contribution in [0.15, 0.2) is 30.7 Å². The number of ether oxygens (including phenoxy) is 1. The number of nitrogens with zero attached hydrogens (tertiary/aromatic N) is 6. The monoisotopic (exact) mass is 489 g/mol. The van der Waals surface area contributed by atoms with Gasteiger partial charge in [-0.2, -0.15) is 18.3 Å². The van der Waals surface area contributed by atoms with Crippen molar-refractivity contribution in [2.45, 2.75) is 69.2 Å². The first-order valence-corrected chi connectivity index (χ1v) is 12.2. The zero-order valence-electron chi connectivity index (χ0n) is 19.7. The topological polar surface area (TPSA) is 82.7 Å². The first kappa shape index (κ1) is 23.8. The van der Waals surface area contributed by atoms with Gasteiger partial charge in [-0.3, -0.25) is 4.68 Å². The summed E-state index contributed by atoms with van der Waals surface area (Å²) in [4.78, 5) is 3.87. The lowest BCUT2D eigenvalue weighted by Gasteiger charge is -2.27. The molecule has 2 aliphatic rings. The minimum absolute atomic E-state index is 0.00300. The molecule has 1 aliphatic heterocycles. The smallest absolute Gasteiger partial charge is 0.416 e. The van der Waals surface area contributed by atoms with Gasteiger partial charge in [-0.25, -0.2) is 4.98 Å². The SMILES string of the molecule is Cn1c(COc2cc(C(F)(F)F)ccn2)nnc1C1CCC(c2cnn(C3CCNCC3)c2)CC1. The fourth-order valence-corrected chi connectivity index (χ4v) is 5.18. The molecule has 1 N–H and O–H groups in total. The van der Waals surface area contributed by atoms with Crippen molar-refractivity contribution >= 4 is 0 Å². The second-order valence-electron chi connectivity index (χ2n) is 9.49. The van der Waals surface area contributed by atoms with Crippen molar-refractivity contribution in [3.8, 4) is 5.88 Å². The van der Waals surface area contributed by atoms with E-state index in [1.165, 1.54) is 5.56 Å². The molecule has 8 nitrogen and oxygen atoms in total. The number of piperidine rings is 1. The van der Waals surface area contributed by atoms with Gasteiger partial charge in [-0.15, -0.1) is 10.2 Å². The van der Waals surface area contributed by atoms with Crippen LogP contribution < -0.4 is 10.1 Å². The van der Waals surface area contributed by atoms with Crippen LogP contribution in [0.25, 0.3) is 0 Å². The van der Waals surface area contributed by atoms with E-state index >= 15 is 0 Å². The molecular weight excluding hydrogens is 459 g/mol. The molecule has 1 saturated carbocycles. The van der Waals surface area contributed by atoms with Crippen LogP contribution in [0.2, 0.25) is 0 Å². The minimum Gasteiger partial charge on any atom is -0.469 e. The predicted octanol–water partition coefficient (Wildman–Crippen LogP) is 4.37. The van der Waals surface area contributed by atoms with Crippen molar-refractivity contribution in [2.75, 3.05) is 13.1 Å². The zero-order chi connectivity index (χ0) is 24.4. The number of rotatable bonds is 6. The van der Waals surface area contributed by atoms with Crippen molar-refractivity contribution < 1.29 is 17.9 Å². The standard InChI is InChI=1S/C24H30F3N7O/c1-33-21(15-35-22-12-19(6-11-29-22)24(25,26)27)31-32-23(33)17-4-2-16(3-5-17)18-13-30-34(14-18)20-7-9-28-10-8-20/h6,11-14,16-17,20,28H,2-5,7-10,15H2,1H3. The molecule has 3 aromatic heterocycles. The summed E-state index contributed by atoms with van der Waals surface area (Å²) >= 11 is 0. The summed E-state index contributed by atoms with van der Waals surface area (Å²) in [6.45, 7) is 2.10. The molecule has 0 spiro atoms. The first-order chi connectivity index (χ1) is 16.9. The van der Waals surface area contributed by atoms with Crippen molar-refractivity contribution in [3.05, 3.63) is 53.5 Å². The first-order valence-electron chi connectivity index (χ1n) is 12.2. The molecule has 0 amide bonds. The summed E-state index contributed by atoms with van der Waals surface area (Å²) in [5, 5.41) is 16.7. The highest BCUT2D eigenvalue weighted by Crippen LogP contribution is 2.40. The van der Waals surface area contributed by atoms with E-state index in [0.29, 0.717) is 23.7 Å². The number of aromatic nitrogens is 6. The molecular formula is C24H30F3N7O. The van der Waals surface area contributed by atoms with E-state index < -0.39 is 11.7 Å². The molecule has 0 atom stereocenters. The summed E-state index contributed by atoms with van der Waals surface area (Å²) in [5.74, 6) is 2.16. The summed E-state index contributed by atoms with van der Waals surface area (Å²) in [6, 6.07) is 2.31. The van der Waals surface area contributed by atoms with Gasteiger partial charge in [0.2, 0.25) is 5.88 Å². The Bertz CT molecular complexity index is 1130. The Labute approximate surface area is 201 Å². The van der Waals surface area contributed by atoms with E-state index in [2.05, 4.69) is 36.5 Å². The van der Waals surface area contributed by atoms with E-state index in [-0.39, 0.29) is 12.5 Å². The number of hydrogen-bond acceptors (Lipinski definition) is 6. The third-order valence-corrected chi connectivity index (χ3v) is 7.28. The average Bonchev–Trinajstić information content (AvgIpc) is 3.50. The molecule has 35 heavy (non-hydrogen) atoms. The Morgan fingerprint density at radius 3 is 2.54 bits per heavy atom. The molecule has 188 valence electrons. The summed E-state index contributed by atoms with van der Waals surface area (Å²) < 4.78 is 48.3. The van der Waals surface area contributed by atoms with Crippen molar-refractivity contribution in [1.29, 1.82) is 0 Å². The van der Waals surface area contributed by atoms with Crippen LogP contribution in [-0.2, 0) is 19.8 Å². The minimum atomic E-state index is -4.44. The summed E-state index contributed by atoms with van der Waals surface area (Å²) in [6.07, 6.45) is 7.30. The second kappa shape index (κ2) is 9.96. The van der Waals surface area contributed by atoms with Crippen LogP contribution in [0.4, 0.5) is 13.2 Å². The highest BCUT2D eigenvalue weighted by atomic mass is 19.4. The van der Waals surface area contributed by atoms with E-state index in [9.17, 15) is 13.2 Å². The molecule has 1 aliphatic carbocycles. The molecule has 2 fully saturated rings. The molecule has 0 unspecified atom stereocenters. The van der Waals surface area contributed by atoms with Gasteiger partial charge in [-0.1, -0.05) is 0 Å². The molecule has 4 heterocycles. The van der Waals surface area contributed by atoms with E-state index in [1.807, 2.05) is 17.8 Å². The number of alkyl halides is 3. The number of hydrogen-bond donors (Lipinski definition) is 1. The zero-order valence-corrected chi connectivity index (χ0v) is 19.7. The average molecular weight is 490 g/mol. The Kier molecular flexibility index (Phi) is 6.77. The van der Waals surface area contributed by atoms with Gasteiger partial charge in [-0.05, 0) is 69.2 Å². The lowest BCUT2D eigenvalue weighted by molar-refractivity contribution is -0.137. The third-order valence-electron chi connectivity index (χ3n) is 7.28. The van der Waals surface area contributed by atoms with Crippen LogP contribution in [0.1, 0.15) is 79.2 Å². The molecule has 1 saturated heterocycles. The van der Waals surface area contributed by atoms with Gasteiger partial charge in [0.1, 0.15) is 12.4 Å². The normalized spacial score (nSPS) is 21.8. The maximum absolute atomic E-state index is 12.9. The Morgan fingerprint density at radius 1 is 1.06 bits per heavy atom. The second-order valence-corrected chi connectivity index (χ2v) is 9.49. The van der Waals surface area contributed by atoms with E-state index in [4.69, 9.17) is 4.74 Å². The van der Waals surface area contributed by atoms with Gasteiger partial charge in [0.15, 0.2) is 5.82 Å². The van der Waals surface area contributed by atoms with Gasteiger partial charge >= 0.3 is 6.18 Å². The van der Waals surface area contributed by atoms with Crippen LogP contribution in [0, 0.1) is 0 Å². The van der Waals surface area contributed by atoms with E-state index in [1.54, 1.807) is 0 Å². The third kappa shape index (κ3) is 5.34. The van der Waals surface area contributed by atoms with Gasteiger partial charge in [0.05, 0.1) is 17.8 Å². The van der Waals surface area contributed by atoms with Crippen LogP contribution >= 0.6 is 0 Å². The largest absolute Gasteiger partial charge is 0.469 e. The summed E-state index contributed by atoms with van der Waals surface area (Å²) in [5.41, 5.74) is 0.529. The lowest BCUT2D eigenvalue weighted by Crippen LogP contribution is -2.29. The van der Waals surface area contributed by atoms with Crippen molar-refractivity contribution in [2.24, 2.45) is 7.05 Å². The Morgan fingerprint density at radius 2 is 1.80 bits per heavy atom. The fraction of sp³-hybridized carbons (Fsp3) is 0.583. The maximum Gasteiger partial charge on any atom is 0.416 e. The van der Waals surface area contributed by atoms with Crippen LogP contribution in [0.3, 0.4) is 0 Å². The van der Waals surface area contributed by atoms with Crippen LogP contribution in [0.5, 0.6) is 5.88 Å². The molecule has 0 bridgehead atoms. The van der Waals surface area contributed by atoms with Gasteiger partial charge < -0.3 is 14.6 Å². The molecule has 0 radical (unpaired) electrons. The van der Waals surface area contributed by atoms with Crippen molar-refractivity contribution in [1.82, 2.24) is 34.8 Å². The maximum atomic E-state index is 12.9. The lowest BCUT2D eigenvalue weighted by atomic mass is 9.79. The van der Waals surface area contributed by atoms with Crippen LogP contribution in [-0.4, -0.2) is 42.6 Å². The van der Waals surface area contributed by atoms with E-state index in [0.717, 1.165) is 75.8 Å². The quantitative estimate of drug-likeness (QED) is 0.554. The summed E-state index contributed by atoms with van der Waals surface area (Å²) in [7, 11) is 1.88. The number of nitrogens with one attached hydrogen (secondary N) is 1. The Hall–Kier alpha value is -2.95. The number of halogens is 3. The molecule has 5 rings (SSSR count). The molecule has 11 heteroatoms. The van der Waals surface area contributed by atoms with Gasteiger partial charge in [0, 0.05) is 31.4 Å².